The van der Waals surface area contributed by atoms with E-state index in [2.05, 4.69) is 57.8 Å². The molecule has 1 aromatic heterocycles. The second-order valence-corrected chi connectivity index (χ2v) is 6.75. The maximum Gasteiger partial charge on any atom is 0.221 e. The molecule has 0 spiro atoms. The summed E-state index contributed by atoms with van der Waals surface area (Å²) in [6.45, 7) is 4.45. The minimum absolute atomic E-state index is 0.0328. The van der Waals surface area contributed by atoms with Gasteiger partial charge in [0.05, 0.1) is 5.69 Å². The largest absolute Gasteiger partial charge is 0.325 e. The van der Waals surface area contributed by atoms with Gasteiger partial charge >= 0.3 is 0 Å². The van der Waals surface area contributed by atoms with Crippen LogP contribution in [0.1, 0.15) is 36.8 Å². The number of amides is 1. The Kier molecular flexibility index (Phi) is 5.96. The molecule has 0 radical (unpaired) electrons. The van der Waals surface area contributed by atoms with Crippen molar-refractivity contribution in [3.63, 3.8) is 0 Å². The molecule has 1 atom stereocenters. The fourth-order valence-corrected chi connectivity index (χ4v) is 3.23. The van der Waals surface area contributed by atoms with E-state index in [4.69, 9.17) is 0 Å². The number of carbonyl (C=O) groups is 1. The molecule has 0 saturated heterocycles. The number of rotatable bonds is 6. The van der Waals surface area contributed by atoms with E-state index in [-0.39, 0.29) is 5.91 Å². The SMILES string of the molecule is CCC(NCc1sccc1NC(C)=O)c1ccc(Br)cc1. The second kappa shape index (κ2) is 7.73. The van der Waals surface area contributed by atoms with Crippen LogP contribution >= 0.6 is 27.3 Å². The third kappa shape index (κ3) is 4.66. The van der Waals surface area contributed by atoms with Crippen LogP contribution in [0.4, 0.5) is 5.69 Å². The Morgan fingerprint density at radius 3 is 2.62 bits per heavy atom. The molecule has 2 rings (SSSR count). The minimum atomic E-state index is -0.0328. The van der Waals surface area contributed by atoms with Crippen LogP contribution in [0.15, 0.2) is 40.2 Å². The van der Waals surface area contributed by atoms with Crippen LogP contribution in [-0.2, 0) is 11.3 Å². The predicted molar refractivity (Wildman–Crippen MR) is 92.6 cm³/mol. The zero-order chi connectivity index (χ0) is 15.2. The Bertz CT molecular complexity index is 595. The first kappa shape index (κ1) is 16.2. The normalized spacial score (nSPS) is 12.1. The number of hydrogen-bond donors (Lipinski definition) is 2. The summed E-state index contributed by atoms with van der Waals surface area (Å²) >= 11 is 5.12. The van der Waals surface area contributed by atoms with Gasteiger partial charge in [0.2, 0.25) is 5.91 Å². The van der Waals surface area contributed by atoms with E-state index in [0.29, 0.717) is 6.04 Å². The minimum Gasteiger partial charge on any atom is -0.325 e. The van der Waals surface area contributed by atoms with Crippen molar-refractivity contribution in [2.24, 2.45) is 0 Å². The maximum absolute atomic E-state index is 11.2. The van der Waals surface area contributed by atoms with Crippen molar-refractivity contribution in [2.45, 2.75) is 32.9 Å². The van der Waals surface area contributed by atoms with Crippen LogP contribution < -0.4 is 10.6 Å². The Morgan fingerprint density at radius 1 is 1.29 bits per heavy atom. The monoisotopic (exact) mass is 366 g/mol. The number of carbonyl (C=O) groups excluding carboxylic acids is 1. The van der Waals surface area contributed by atoms with Crippen LogP contribution in [0.2, 0.25) is 0 Å². The fraction of sp³-hybridized carbons (Fsp3) is 0.312. The summed E-state index contributed by atoms with van der Waals surface area (Å²) in [5.41, 5.74) is 2.18. The average Bonchev–Trinajstić information content (AvgIpc) is 2.88. The number of benzene rings is 1. The van der Waals surface area contributed by atoms with E-state index in [0.717, 1.165) is 28.0 Å². The molecule has 2 aromatic rings. The number of nitrogens with one attached hydrogen (secondary N) is 2. The van der Waals surface area contributed by atoms with Gasteiger partial charge in [-0.05, 0) is 35.6 Å². The van der Waals surface area contributed by atoms with Crippen molar-refractivity contribution < 1.29 is 4.79 Å². The highest BCUT2D eigenvalue weighted by Crippen LogP contribution is 2.25. The lowest BCUT2D eigenvalue weighted by molar-refractivity contribution is -0.114. The van der Waals surface area contributed by atoms with Gasteiger partial charge in [-0.1, -0.05) is 35.0 Å². The lowest BCUT2D eigenvalue weighted by Crippen LogP contribution is -2.20. The van der Waals surface area contributed by atoms with E-state index in [1.165, 1.54) is 12.5 Å². The summed E-state index contributed by atoms with van der Waals surface area (Å²) < 4.78 is 1.09. The Hall–Kier alpha value is -1.17. The third-order valence-electron chi connectivity index (χ3n) is 3.25. The van der Waals surface area contributed by atoms with Gasteiger partial charge in [0.15, 0.2) is 0 Å². The molecular formula is C16H19BrN2OS. The second-order valence-electron chi connectivity index (χ2n) is 4.83. The van der Waals surface area contributed by atoms with Crippen molar-refractivity contribution >= 4 is 38.9 Å². The topological polar surface area (TPSA) is 41.1 Å². The van der Waals surface area contributed by atoms with E-state index in [1.807, 2.05) is 11.4 Å². The number of halogens is 1. The zero-order valence-electron chi connectivity index (χ0n) is 12.2. The first-order chi connectivity index (χ1) is 10.1. The molecule has 1 heterocycles. The van der Waals surface area contributed by atoms with E-state index in [9.17, 15) is 4.79 Å². The summed E-state index contributed by atoms with van der Waals surface area (Å²) in [4.78, 5) is 12.3. The van der Waals surface area contributed by atoms with E-state index < -0.39 is 0 Å². The van der Waals surface area contributed by atoms with Crippen LogP contribution in [0, 0.1) is 0 Å². The lowest BCUT2D eigenvalue weighted by atomic mass is 10.0. The van der Waals surface area contributed by atoms with Gasteiger partial charge < -0.3 is 10.6 Å². The molecule has 0 bridgehead atoms. The molecular weight excluding hydrogens is 348 g/mol. The first-order valence-electron chi connectivity index (χ1n) is 6.93. The molecule has 2 N–H and O–H groups in total. The van der Waals surface area contributed by atoms with Crippen molar-refractivity contribution in [1.82, 2.24) is 5.32 Å². The van der Waals surface area contributed by atoms with Crippen molar-refractivity contribution in [3.05, 3.63) is 50.6 Å². The lowest BCUT2D eigenvalue weighted by Gasteiger charge is -2.17. The van der Waals surface area contributed by atoms with Gasteiger partial charge in [-0.15, -0.1) is 11.3 Å². The maximum atomic E-state index is 11.2. The standard InChI is InChI=1S/C16H19BrN2OS/c1-3-14(12-4-6-13(17)7-5-12)18-10-16-15(8-9-21-16)19-11(2)20/h4-9,14,18H,3,10H2,1-2H3,(H,19,20). The van der Waals surface area contributed by atoms with Crippen LogP contribution in [-0.4, -0.2) is 5.91 Å². The molecule has 21 heavy (non-hydrogen) atoms. The van der Waals surface area contributed by atoms with Crippen LogP contribution in [0.25, 0.3) is 0 Å². The first-order valence-corrected chi connectivity index (χ1v) is 8.60. The van der Waals surface area contributed by atoms with E-state index in [1.54, 1.807) is 11.3 Å². The smallest absolute Gasteiger partial charge is 0.221 e. The number of anilines is 1. The molecule has 1 aromatic carbocycles. The van der Waals surface area contributed by atoms with Crippen LogP contribution in [0.5, 0.6) is 0 Å². The summed E-state index contributed by atoms with van der Waals surface area (Å²) in [5, 5.41) is 8.44. The van der Waals surface area contributed by atoms with Crippen molar-refractivity contribution in [3.8, 4) is 0 Å². The molecule has 0 aliphatic carbocycles. The van der Waals surface area contributed by atoms with Gasteiger partial charge in [0, 0.05) is 28.9 Å². The zero-order valence-corrected chi connectivity index (χ0v) is 14.6. The summed E-state index contributed by atoms with van der Waals surface area (Å²) in [6.07, 6.45) is 1.02. The van der Waals surface area contributed by atoms with E-state index >= 15 is 0 Å². The highest BCUT2D eigenvalue weighted by Gasteiger charge is 2.11. The molecule has 3 nitrogen and oxygen atoms in total. The summed E-state index contributed by atoms with van der Waals surface area (Å²) in [6, 6.07) is 10.7. The van der Waals surface area contributed by atoms with Gasteiger partial charge in [-0.2, -0.15) is 0 Å². The highest BCUT2D eigenvalue weighted by molar-refractivity contribution is 9.10. The Balaban J connectivity index is 2.02. The van der Waals surface area contributed by atoms with Crippen LogP contribution in [0.3, 0.4) is 0 Å². The molecule has 112 valence electrons. The average molecular weight is 367 g/mol. The number of thiophene rings is 1. The molecule has 0 fully saturated rings. The van der Waals surface area contributed by atoms with Gasteiger partial charge in [0.1, 0.15) is 0 Å². The molecule has 1 amide bonds. The number of hydrogen-bond acceptors (Lipinski definition) is 3. The third-order valence-corrected chi connectivity index (χ3v) is 4.70. The van der Waals surface area contributed by atoms with Crippen molar-refractivity contribution in [2.75, 3.05) is 5.32 Å². The Morgan fingerprint density at radius 2 is 2.00 bits per heavy atom. The molecule has 0 saturated carbocycles. The molecule has 0 aliphatic heterocycles. The highest BCUT2D eigenvalue weighted by atomic mass is 79.9. The Labute approximate surface area is 137 Å². The summed E-state index contributed by atoms with van der Waals surface area (Å²) in [5.74, 6) is -0.0328. The summed E-state index contributed by atoms with van der Waals surface area (Å²) in [7, 11) is 0. The van der Waals surface area contributed by atoms with Gasteiger partial charge in [-0.3, -0.25) is 4.79 Å². The van der Waals surface area contributed by atoms with Gasteiger partial charge in [0.25, 0.3) is 0 Å². The fourth-order valence-electron chi connectivity index (χ4n) is 2.19. The molecule has 0 aliphatic rings. The molecule has 1 unspecified atom stereocenters. The quantitative estimate of drug-likeness (QED) is 0.776. The van der Waals surface area contributed by atoms with Gasteiger partial charge in [-0.25, -0.2) is 0 Å². The predicted octanol–water partition coefficient (Wildman–Crippen LogP) is 4.71. The molecule has 5 heteroatoms. The van der Waals surface area contributed by atoms with Crippen molar-refractivity contribution in [1.29, 1.82) is 0 Å².